The van der Waals surface area contributed by atoms with Crippen molar-refractivity contribution < 1.29 is 0 Å². The van der Waals surface area contributed by atoms with Crippen LogP contribution in [-0.2, 0) is 0 Å². The van der Waals surface area contributed by atoms with Crippen LogP contribution in [0.4, 0.5) is 0 Å². The van der Waals surface area contributed by atoms with Gasteiger partial charge in [0.2, 0.25) is 0 Å². The Hall–Kier alpha value is -0.0800. The van der Waals surface area contributed by atoms with Gasteiger partial charge in [-0.05, 0) is 39.9 Å². The van der Waals surface area contributed by atoms with E-state index in [0.717, 1.165) is 12.6 Å². The standard InChI is InChI=1S/C10H24N2/c1-4-5-7-10(12-3)8-6-9-11-2/h10-12H,4-9H2,1-3H3. The predicted molar refractivity (Wildman–Crippen MR) is 55.5 cm³/mol. The minimum absolute atomic E-state index is 0.735. The topological polar surface area (TPSA) is 24.1 Å². The molecule has 2 nitrogen and oxygen atoms in total. The van der Waals surface area contributed by atoms with E-state index in [4.69, 9.17) is 0 Å². The zero-order chi connectivity index (χ0) is 9.23. The highest BCUT2D eigenvalue weighted by Gasteiger charge is 2.03. The van der Waals surface area contributed by atoms with Crippen molar-refractivity contribution in [2.75, 3.05) is 20.6 Å². The molecule has 0 aliphatic carbocycles. The number of rotatable bonds is 8. The van der Waals surface area contributed by atoms with E-state index >= 15 is 0 Å². The number of hydrogen-bond acceptors (Lipinski definition) is 2. The van der Waals surface area contributed by atoms with Gasteiger partial charge in [-0.15, -0.1) is 0 Å². The molecule has 0 amide bonds. The van der Waals surface area contributed by atoms with Gasteiger partial charge in [-0.1, -0.05) is 19.8 Å². The highest BCUT2D eigenvalue weighted by Crippen LogP contribution is 2.05. The Morgan fingerprint density at radius 3 is 2.25 bits per heavy atom. The van der Waals surface area contributed by atoms with Gasteiger partial charge in [0.1, 0.15) is 0 Å². The third-order valence-corrected chi connectivity index (χ3v) is 2.29. The highest BCUT2D eigenvalue weighted by molar-refractivity contribution is 4.64. The third kappa shape index (κ3) is 6.62. The van der Waals surface area contributed by atoms with Gasteiger partial charge in [0, 0.05) is 6.04 Å². The molecule has 0 aliphatic heterocycles. The third-order valence-electron chi connectivity index (χ3n) is 2.29. The van der Waals surface area contributed by atoms with E-state index in [1.165, 1.54) is 32.1 Å². The lowest BCUT2D eigenvalue weighted by Gasteiger charge is -2.15. The van der Waals surface area contributed by atoms with Crippen LogP contribution in [0.15, 0.2) is 0 Å². The number of nitrogens with one attached hydrogen (secondary N) is 2. The van der Waals surface area contributed by atoms with E-state index in [0.29, 0.717) is 0 Å². The van der Waals surface area contributed by atoms with E-state index in [1.54, 1.807) is 0 Å². The fourth-order valence-corrected chi connectivity index (χ4v) is 1.41. The lowest BCUT2D eigenvalue weighted by atomic mass is 10.1. The van der Waals surface area contributed by atoms with Gasteiger partial charge in [-0.2, -0.15) is 0 Å². The first-order valence-electron chi connectivity index (χ1n) is 5.17. The summed E-state index contributed by atoms with van der Waals surface area (Å²) in [6.07, 6.45) is 6.58. The van der Waals surface area contributed by atoms with Gasteiger partial charge in [-0.25, -0.2) is 0 Å². The van der Waals surface area contributed by atoms with E-state index in [1.807, 2.05) is 7.05 Å². The van der Waals surface area contributed by atoms with Gasteiger partial charge < -0.3 is 10.6 Å². The van der Waals surface area contributed by atoms with Crippen molar-refractivity contribution in [3.63, 3.8) is 0 Å². The quantitative estimate of drug-likeness (QED) is 0.545. The molecule has 0 heterocycles. The molecular weight excluding hydrogens is 148 g/mol. The Labute approximate surface area is 77.1 Å². The largest absolute Gasteiger partial charge is 0.320 e. The van der Waals surface area contributed by atoms with E-state index in [-0.39, 0.29) is 0 Å². The first-order chi connectivity index (χ1) is 5.85. The van der Waals surface area contributed by atoms with Gasteiger partial charge in [0.25, 0.3) is 0 Å². The average molecular weight is 172 g/mol. The van der Waals surface area contributed by atoms with Crippen LogP contribution in [0, 0.1) is 0 Å². The first-order valence-corrected chi connectivity index (χ1v) is 5.17. The lowest BCUT2D eigenvalue weighted by Crippen LogP contribution is -2.26. The maximum absolute atomic E-state index is 3.37. The fourth-order valence-electron chi connectivity index (χ4n) is 1.41. The van der Waals surface area contributed by atoms with E-state index in [2.05, 4.69) is 24.6 Å². The summed E-state index contributed by atoms with van der Waals surface area (Å²) in [6, 6.07) is 0.735. The van der Waals surface area contributed by atoms with Gasteiger partial charge >= 0.3 is 0 Å². The summed E-state index contributed by atoms with van der Waals surface area (Å²) in [4.78, 5) is 0. The number of unbranched alkanes of at least 4 members (excludes halogenated alkanes) is 1. The monoisotopic (exact) mass is 172 g/mol. The molecule has 74 valence electrons. The second kappa shape index (κ2) is 9.01. The van der Waals surface area contributed by atoms with Crippen LogP contribution in [-0.4, -0.2) is 26.7 Å². The summed E-state index contributed by atoms with van der Waals surface area (Å²) in [5, 5.41) is 6.54. The van der Waals surface area contributed by atoms with E-state index < -0.39 is 0 Å². The van der Waals surface area contributed by atoms with Crippen molar-refractivity contribution in [2.24, 2.45) is 0 Å². The fraction of sp³-hybridized carbons (Fsp3) is 1.00. The van der Waals surface area contributed by atoms with Crippen LogP contribution in [0.1, 0.15) is 39.0 Å². The average Bonchev–Trinajstić information content (AvgIpc) is 2.11. The molecule has 2 N–H and O–H groups in total. The summed E-state index contributed by atoms with van der Waals surface area (Å²) in [6.45, 7) is 3.39. The smallest absolute Gasteiger partial charge is 0.00645 e. The maximum atomic E-state index is 3.37. The van der Waals surface area contributed by atoms with Crippen molar-refractivity contribution in [3.8, 4) is 0 Å². The Bertz CT molecular complexity index is 83.9. The molecule has 1 unspecified atom stereocenters. The molecule has 0 spiro atoms. The van der Waals surface area contributed by atoms with E-state index in [9.17, 15) is 0 Å². The lowest BCUT2D eigenvalue weighted by molar-refractivity contribution is 0.455. The molecule has 0 bridgehead atoms. The Balaban J connectivity index is 3.26. The molecule has 0 aromatic carbocycles. The summed E-state index contributed by atoms with van der Waals surface area (Å²) < 4.78 is 0. The Morgan fingerprint density at radius 2 is 1.75 bits per heavy atom. The second-order valence-electron chi connectivity index (χ2n) is 3.37. The van der Waals surface area contributed by atoms with Crippen molar-refractivity contribution >= 4 is 0 Å². The van der Waals surface area contributed by atoms with Crippen molar-refractivity contribution in [3.05, 3.63) is 0 Å². The van der Waals surface area contributed by atoms with Gasteiger partial charge in [0.05, 0.1) is 0 Å². The zero-order valence-corrected chi connectivity index (χ0v) is 8.82. The Kier molecular flexibility index (Phi) is 8.95. The predicted octanol–water partition coefficient (Wildman–Crippen LogP) is 1.76. The molecule has 0 saturated carbocycles. The summed E-state index contributed by atoms with van der Waals surface area (Å²) in [7, 11) is 4.08. The molecule has 0 fully saturated rings. The van der Waals surface area contributed by atoms with Crippen molar-refractivity contribution in [1.82, 2.24) is 10.6 Å². The van der Waals surface area contributed by atoms with Crippen molar-refractivity contribution in [2.45, 2.75) is 45.1 Å². The van der Waals surface area contributed by atoms with Crippen LogP contribution >= 0.6 is 0 Å². The molecule has 0 aromatic rings. The molecule has 0 rings (SSSR count). The molecule has 0 saturated heterocycles. The minimum atomic E-state index is 0.735. The number of hydrogen-bond donors (Lipinski definition) is 2. The first kappa shape index (κ1) is 11.9. The van der Waals surface area contributed by atoms with Crippen LogP contribution in [0.25, 0.3) is 0 Å². The summed E-state index contributed by atoms with van der Waals surface area (Å²) in [5.74, 6) is 0. The molecule has 1 atom stereocenters. The highest BCUT2D eigenvalue weighted by atomic mass is 14.9. The van der Waals surface area contributed by atoms with Crippen molar-refractivity contribution in [1.29, 1.82) is 0 Å². The van der Waals surface area contributed by atoms with Gasteiger partial charge in [-0.3, -0.25) is 0 Å². The molecule has 0 radical (unpaired) electrons. The van der Waals surface area contributed by atoms with Gasteiger partial charge in [0.15, 0.2) is 0 Å². The van der Waals surface area contributed by atoms with Crippen LogP contribution in [0.2, 0.25) is 0 Å². The summed E-state index contributed by atoms with van der Waals surface area (Å²) >= 11 is 0. The van der Waals surface area contributed by atoms with Crippen LogP contribution < -0.4 is 10.6 Å². The molecule has 0 aliphatic rings. The van der Waals surface area contributed by atoms with Crippen LogP contribution in [0.3, 0.4) is 0 Å². The second-order valence-corrected chi connectivity index (χ2v) is 3.37. The normalized spacial score (nSPS) is 13.2. The molecular formula is C10H24N2. The van der Waals surface area contributed by atoms with Crippen LogP contribution in [0.5, 0.6) is 0 Å². The zero-order valence-electron chi connectivity index (χ0n) is 8.82. The molecule has 2 heteroatoms. The molecule has 0 aromatic heterocycles. The SMILES string of the molecule is CCCCC(CCCNC)NC. The summed E-state index contributed by atoms with van der Waals surface area (Å²) in [5.41, 5.74) is 0. The maximum Gasteiger partial charge on any atom is 0.00645 e. The minimum Gasteiger partial charge on any atom is -0.320 e. The molecule has 12 heavy (non-hydrogen) atoms. The Morgan fingerprint density at radius 1 is 1.08 bits per heavy atom.